The van der Waals surface area contributed by atoms with Crippen LogP contribution in [-0.4, -0.2) is 58.0 Å². The molecule has 4 saturated carbocycles. The predicted molar refractivity (Wildman–Crippen MR) is 206 cm³/mol. The van der Waals surface area contributed by atoms with E-state index in [0.717, 1.165) is 44.1 Å². The second-order valence-electron chi connectivity index (χ2n) is 19.2. The van der Waals surface area contributed by atoms with Gasteiger partial charge in [-0.3, -0.25) is 9.59 Å². The van der Waals surface area contributed by atoms with Gasteiger partial charge in [0.05, 0.1) is 5.56 Å². The van der Waals surface area contributed by atoms with E-state index in [2.05, 4.69) is 59.5 Å². The molecule has 1 aliphatic heterocycles. The number of allylic oxidation sites excluding steroid dienone is 3. The van der Waals surface area contributed by atoms with E-state index in [1.165, 1.54) is 28.9 Å². The Bertz CT molecular complexity index is 1710. The maximum atomic E-state index is 14.0. The number of carboxylic acids is 2. The van der Waals surface area contributed by atoms with E-state index in [0.29, 0.717) is 54.5 Å². The number of carboxylic acid groups (broad SMARTS) is 2. The smallest absolute Gasteiger partial charge is 0.335 e. The number of likely N-dealkylation sites (tertiary alicyclic amines) is 1. The molecule has 6 aliphatic rings. The lowest BCUT2D eigenvalue weighted by Crippen LogP contribution is -2.66. The van der Waals surface area contributed by atoms with Crippen LogP contribution in [0.2, 0.25) is 0 Å². The molecule has 7 rings (SSSR count). The van der Waals surface area contributed by atoms with Gasteiger partial charge in [0.2, 0.25) is 11.8 Å². The van der Waals surface area contributed by atoms with E-state index in [1.807, 2.05) is 12.1 Å². The SMILES string of the molecule is C=C(C)C1C=C(c2ccc(C(=O)O)cc2)C(C)(C)[C@@H]2CC[C@]3(C)[C@H](CC[C@@H]4[C@H]5[C@@H](CC[C@H]5C(=O)NCCC(=O)N5CCCC5C(=O)O)CC[C@]43C)[C@@]12C. The standard InChI is InChI=1S/C45H62N2O6/c1-26(2)32-25-33(27-10-12-29(13-11-27)40(50)51)42(3,4)35-19-22-44(6)36(45(32,35)7)17-16-31-38-28(18-21-43(31,44)5)14-15-30(38)39(49)46-23-20-37(48)47-24-8-9-34(47)41(52)53/h10-13,25,28,30-32,34-36,38H,1,8-9,14-24H2,2-7H3,(H,46,49)(H,50,51)(H,52,53)/t28-,30+,31+,32?,34?,35-,36-,38-,43+,44+,45-/m0/s1. The quantitative estimate of drug-likeness (QED) is 0.231. The Morgan fingerprint density at radius 1 is 0.868 bits per heavy atom. The van der Waals surface area contributed by atoms with E-state index >= 15 is 0 Å². The summed E-state index contributed by atoms with van der Waals surface area (Å²) >= 11 is 0. The maximum absolute atomic E-state index is 14.0. The fourth-order valence-electron chi connectivity index (χ4n) is 14.3. The molecule has 1 aromatic carbocycles. The first-order chi connectivity index (χ1) is 25.0. The molecule has 2 unspecified atom stereocenters. The van der Waals surface area contributed by atoms with Crippen molar-refractivity contribution in [2.75, 3.05) is 13.1 Å². The van der Waals surface area contributed by atoms with Crippen LogP contribution in [0.4, 0.5) is 0 Å². The molecule has 5 aliphatic carbocycles. The van der Waals surface area contributed by atoms with Crippen molar-refractivity contribution in [2.45, 2.75) is 118 Å². The summed E-state index contributed by atoms with van der Waals surface area (Å²) in [7, 11) is 0. The molecule has 0 radical (unpaired) electrons. The molecule has 0 aromatic heterocycles. The maximum Gasteiger partial charge on any atom is 0.335 e. The zero-order chi connectivity index (χ0) is 38.2. The molecule has 1 aromatic rings. The fourth-order valence-corrected chi connectivity index (χ4v) is 14.3. The fraction of sp³-hybridized carbons (Fsp3) is 0.689. The first-order valence-electron chi connectivity index (χ1n) is 20.5. The normalized spacial score (nSPS) is 39.8. The van der Waals surface area contributed by atoms with Crippen LogP contribution in [0.3, 0.4) is 0 Å². The first-order valence-corrected chi connectivity index (χ1v) is 20.5. The molecule has 1 heterocycles. The van der Waals surface area contributed by atoms with E-state index in [4.69, 9.17) is 0 Å². The summed E-state index contributed by atoms with van der Waals surface area (Å²) in [6, 6.07) is 6.69. The number of rotatable bonds is 8. The largest absolute Gasteiger partial charge is 0.480 e. The van der Waals surface area contributed by atoms with Gasteiger partial charge in [0.1, 0.15) is 6.04 Å². The van der Waals surface area contributed by atoms with Crippen LogP contribution >= 0.6 is 0 Å². The number of nitrogens with one attached hydrogen (secondary N) is 1. The minimum atomic E-state index is -0.948. The van der Waals surface area contributed by atoms with Gasteiger partial charge in [-0.15, -0.1) is 0 Å². The van der Waals surface area contributed by atoms with Crippen LogP contribution in [0, 0.1) is 63.1 Å². The third-order valence-corrected chi connectivity index (χ3v) is 16.8. The van der Waals surface area contributed by atoms with E-state index < -0.39 is 18.0 Å². The van der Waals surface area contributed by atoms with Gasteiger partial charge in [-0.05, 0) is 146 Å². The van der Waals surface area contributed by atoms with Crippen LogP contribution in [0.1, 0.15) is 128 Å². The summed E-state index contributed by atoms with van der Waals surface area (Å²) < 4.78 is 0. The van der Waals surface area contributed by atoms with Gasteiger partial charge in [-0.1, -0.05) is 65.0 Å². The number of nitrogens with zero attached hydrogens (tertiary/aromatic N) is 1. The molecule has 8 nitrogen and oxygen atoms in total. The van der Waals surface area contributed by atoms with Crippen molar-refractivity contribution in [2.24, 2.45) is 63.1 Å². The van der Waals surface area contributed by atoms with E-state index in [1.54, 1.807) is 12.1 Å². The predicted octanol–water partition coefficient (Wildman–Crippen LogP) is 8.47. The number of aromatic carboxylic acids is 1. The van der Waals surface area contributed by atoms with Crippen LogP contribution in [0.5, 0.6) is 0 Å². The van der Waals surface area contributed by atoms with Crippen molar-refractivity contribution >= 4 is 29.3 Å². The highest BCUT2D eigenvalue weighted by Gasteiger charge is 2.70. The van der Waals surface area contributed by atoms with Crippen LogP contribution in [-0.2, 0) is 14.4 Å². The molecule has 53 heavy (non-hydrogen) atoms. The van der Waals surface area contributed by atoms with Crippen LogP contribution in [0.25, 0.3) is 5.57 Å². The molecule has 2 amide bonds. The monoisotopic (exact) mass is 726 g/mol. The Labute approximate surface area is 316 Å². The van der Waals surface area contributed by atoms with Crippen molar-refractivity contribution in [3.05, 3.63) is 53.6 Å². The van der Waals surface area contributed by atoms with Crippen molar-refractivity contribution in [3.63, 3.8) is 0 Å². The third kappa shape index (κ3) is 5.73. The topological polar surface area (TPSA) is 124 Å². The molecule has 11 atom stereocenters. The number of carbonyl (C=O) groups is 4. The summed E-state index contributed by atoms with van der Waals surface area (Å²) in [6.07, 6.45) is 12.8. The van der Waals surface area contributed by atoms with Crippen molar-refractivity contribution in [1.29, 1.82) is 0 Å². The molecule has 0 spiro atoms. The molecule has 1 saturated heterocycles. The summed E-state index contributed by atoms with van der Waals surface area (Å²) in [6.45, 7) is 20.1. The summed E-state index contributed by atoms with van der Waals surface area (Å²) in [4.78, 5) is 51.6. The number of amides is 2. The van der Waals surface area contributed by atoms with Crippen LogP contribution in [0.15, 0.2) is 42.5 Å². The zero-order valence-corrected chi connectivity index (χ0v) is 32.9. The Morgan fingerprint density at radius 2 is 1.57 bits per heavy atom. The summed E-state index contributed by atoms with van der Waals surface area (Å²) in [5.41, 5.74) is 4.02. The number of carbonyl (C=O) groups excluding carboxylic acids is 2. The lowest BCUT2D eigenvalue weighted by molar-refractivity contribution is -0.223. The highest BCUT2D eigenvalue weighted by Crippen LogP contribution is 2.77. The zero-order valence-electron chi connectivity index (χ0n) is 32.9. The van der Waals surface area contributed by atoms with Gasteiger partial charge in [0.25, 0.3) is 0 Å². The Balaban J connectivity index is 1.13. The number of hydrogen-bond donors (Lipinski definition) is 3. The van der Waals surface area contributed by atoms with Gasteiger partial charge in [-0.2, -0.15) is 0 Å². The average molecular weight is 727 g/mol. The number of fused-ring (bicyclic) bond motifs is 7. The second-order valence-corrected chi connectivity index (χ2v) is 19.2. The summed E-state index contributed by atoms with van der Waals surface area (Å²) in [5, 5.41) is 22.2. The lowest BCUT2D eigenvalue weighted by Gasteiger charge is -2.72. The Morgan fingerprint density at radius 3 is 2.23 bits per heavy atom. The average Bonchev–Trinajstić information content (AvgIpc) is 3.77. The molecular formula is C45H62N2O6. The van der Waals surface area contributed by atoms with E-state index in [9.17, 15) is 29.4 Å². The first kappa shape index (κ1) is 37.9. The minimum Gasteiger partial charge on any atom is -0.480 e. The highest BCUT2D eigenvalue weighted by atomic mass is 16.4. The summed E-state index contributed by atoms with van der Waals surface area (Å²) in [5.74, 6) is 0.529. The van der Waals surface area contributed by atoms with Crippen molar-refractivity contribution in [3.8, 4) is 0 Å². The number of aliphatic carboxylic acids is 1. The Hall–Kier alpha value is -3.42. The molecule has 0 bridgehead atoms. The Kier molecular flexibility index (Phi) is 9.58. The molecular weight excluding hydrogens is 665 g/mol. The lowest BCUT2D eigenvalue weighted by atomic mass is 9.32. The van der Waals surface area contributed by atoms with Gasteiger partial charge in [0.15, 0.2) is 0 Å². The van der Waals surface area contributed by atoms with Gasteiger partial charge >= 0.3 is 11.9 Å². The second kappa shape index (κ2) is 13.4. The van der Waals surface area contributed by atoms with Gasteiger partial charge in [-0.25, -0.2) is 9.59 Å². The van der Waals surface area contributed by atoms with Gasteiger partial charge < -0.3 is 20.4 Å². The van der Waals surface area contributed by atoms with Crippen LogP contribution < -0.4 is 5.32 Å². The van der Waals surface area contributed by atoms with Crippen molar-refractivity contribution in [1.82, 2.24) is 10.2 Å². The molecule has 5 fully saturated rings. The molecule has 3 N–H and O–H groups in total. The third-order valence-electron chi connectivity index (χ3n) is 16.8. The number of benzene rings is 1. The number of hydrogen-bond acceptors (Lipinski definition) is 4. The van der Waals surface area contributed by atoms with Crippen molar-refractivity contribution < 1.29 is 29.4 Å². The molecule has 288 valence electrons. The minimum absolute atomic E-state index is 0.00560. The highest BCUT2D eigenvalue weighted by molar-refractivity contribution is 5.88. The van der Waals surface area contributed by atoms with E-state index in [-0.39, 0.29) is 58.3 Å². The molecule has 8 heteroatoms. The van der Waals surface area contributed by atoms with Gasteiger partial charge in [0, 0.05) is 31.3 Å².